The molecule has 0 saturated heterocycles. The highest BCUT2D eigenvalue weighted by Crippen LogP contribution is 2.15. The molecule has 6 heteroatoms. The van der Waals surface area contributed by atoms with Gasteiger partial charge in [0.25, 0.3) is 11.5 Å². The number of carbonyl (C=O) groups excluding carboxylic acids is 1. The second kappa shape index (κ2) is 8.59. The first kappa shape index (κ1) is 18.1. The zero-order chi connectivity index (χ0) is 17.5. The molecule has 1 N–H and O–H groups in total. The third kappa shape index (κ3) is 4.00. The Morgan fingerprint density at radius 1 is 1.25 bits per heavy atom. The molecular formula is C18H26N4O2. The van der Waals surface area contributed by atoms with Crippen molar-refractivity contribution in [3.63, 3.8) is 0 Å². The van der Waals surface area contributed by atoms with E-state index in [0.717, 1.165) is 19.3 Å². The maximum absolute atomic E-state index is 12.8. The number of aromatic nitrogens is 2. The lowest BCUT2D eigenvalue weighted by molar-refractivity contribution is 0.0790. The van der Waals surface area contributed by atoms with Crippen LogP contribution >= 0.6 is 0 Å². The molecule has 6 nitrogen and oxygen atoms in total. The molecule has 1 heterocycles. The predicted octanol–water partition coefficient (Wildman–Crippen LogP) is 1.88. The van der Waals surface area contributed by atoms with E-state index in [1.54, 1.807) is 24.1 Å². The molecule has 0 fully saturated rings. The average Bonchev–Trinajstić information content (AvgIpc) is 2.61. The van der Waals surface area contributed by atoms with Gasteiger partial charge < -0.3 is 10.2 Å². The van der Waals surface area contributed by atoms with Crippen molar-refractivity contribution in [1.82, 2.24) is 20.0 Å². The highest BCUT2D eigenvalue weighted by atomic mass is 16.2. The Hall–Kier alpha value is -2.21. The van der Waals surface area contributed by atoms with Crippen LogP contribution in [0.2, 0.25) is 0 Å². The van der Waals surface area contributed by atoms with E-state index < -0.39 is 0 Å². The van der Waals surface area contributed by atoms with Crippen molar-refractivity contribution in [2.45, 2.75) is 32.7 Å². The molecule has 2 aromatic rings. The molecule has 2 rings (SSSR count). The molecule has 1 aromatic heterocycles. The number of amides is 1. The van der Waals surface area contributed by atoms with Crippen LogP contribution in [0.3, 0.4) is 0 Å². The number of rotatable bonds is 8. The minimum absolute atomic E-state index is 0.129. The number of carbonyl (C=O) groups is 1. The van der Waals surface area contributed by atoms with Gasteiger partial charge in [-0.1, -0.05) is 38.0 Å². The Balaban J connectivity index is 2.45. The van der Waals surface area contributed by atoms with Gasteiger partial charge in [0.05, 0.1) is 5.39 Å². The van der Waals surface area contributed by atoms with Crippen LogP contribution in [-0.4, -0.2) is 47.8 Å². The Kier molecular flexibility index (Phi) is 6.49. The molecule has 0 aliphatic rings. The summed E-state index contributed by atoms with van der Waals surface area (Å²) in [6.07, 6.45) is 2.98. The summed E-state index contributed by atoms with van der Waals surface area (Å²) in [7, 11) is 3.60. The fraction of sp³-hybridized carbons (Fsp3) is 0.500. The van der Waals surface area contributed by atoms with Gasteiger partial charge in [-0.2, -0.15) is 5.10 Å². The number of benzene rings is 1. The van der Waals surface area contributed by atoms with Gasteiger partial charge in [0.1, 0.15) is 0 Å². The molecule has 0 atom stereocenters. The molecule has 0 saturated carbocycles. The molecular weight excluding hydrogens is 304 g/mol. The summed E-state index contributed by atoms with van der Waals surface area (Å²) in [4.78, 5) is 27.0. The van der Waals surface area contributed by atoms with Crippen LogP contribution in [0, 0.1) is 0 Å². The van der Waals surface area contributed by atoms with Crippen LogP contribution in [0.25, 0.3) is 10.8 Å². The van der Waals surface area contributed by atoms with Gasteiger partial charge in [-0.3, -0.25) is 9.59 Å². The monoisotopic (exact) mass is 330 g/mol. The van der Waals surface area contributed by atoms with Crippen LogP contribution in [0.15, 0.2) is 29.1 Å². The second-order valence-corrected chi connectivity index (χ2v) is 5.96. The normalized spacial score (nSPS) is 11.0. The van der Waals surface area contributed by atoms with Crippen molar-refractivity contribution >= 4 is 16.7 Å². The summed E-state index contributed by atoms with van der Waals surface area (Å²) >= 11 is 0. The summed E-state index contributed by atoms with van der Waals surface area (Å²) in [5, 5.41) is 8.59. The second-order valence-electron chi connectivity index (χ2n) is 5.96. The van der Waals surface area contributed by atoms with Gasteiger partial charge in [0.2, 0.25) is 0 Å². The Morgan fingerprint density at radius 2 is 1.96 bits per heavy atom. The van der Waals surface area contributed by atoms with Gasteiger partial charge >= 0.3 is 0 Å². The third-order valence-electron chi connectivity index (χ3n) is 4.09. The molecule has 0 unspecified atom stereocenters. The van der Waals surface area contributed by atoms with Crippen molar-refractivity contribution in [2.24, 2.45) is 0 Å². The van der Waals surface area contributed by atoms with E-state index in [9.17, 15) is 9.59 Å². The molecule has 0 aliphatic heterocycles. The third-order valence-corrected chi connectivity index (χ3v) is 4.09. The standard InChI is InChI=1S/C18H26N4O2/c1-4-5-8-12-22-17(23)15-10-7-6-9-14(15)16(20-22)18(24)21(3)13-11-19-2/h6-7,9-10,19H,4-5,8,11-13H2,1-3H3. The van der Waals surface area contributed by atoms with Crippen LogP contribution in [0.4, 0.5) is 0 Å². The van der Waals surface area contributed by atoms with Crippen molar-refractivity contribution in [3.8, 4) is 0 Å². The number of likely N-dealkylation sites (N-methyl/N-ethyl adjacent to an activating group) is 2. The lowest BCUT2D eigenvalue weighted by atomic mass is 10.1. The van der Waals surface area contributed by atoms with E-state index >= 15 is 0 Å². The SMILES string of the molecule is CCCCCn1nc(C(=O)N(C)CCNC)c2ccccc2c1=O. The van der Waals surface area contributed by atoms with Gasteiger partial charge in [0, 0.05) is 32.1 Å². The quantitative estimate of drug-likeness (QED) is 0.751. The fourth-order valence-electron chi connectivity index (χ4n) is 2.62. The van der Waals surface area contributed by atoms with Crippen LogP contribution in [0.1, 0.15) is 36.7 Å². The highest BCUT2D eigenvalue weighted by Gasteiger charge is 2.19. The van der Waals surface area contributed by atoms with E-state index in [0.29, 0.717) is 36.1 Å². The maximum atomic E-state index is 12.8. The predicted molar refractivity (Wildman–Crippen MR) is 96.4 cm³/mol. The Morgan fingerprint density at radius 3 is 2.62 bits per heavy atom. The average molecular weight is 330 g/mol. The first-order chi connectivity index (χ1) is 11.6. The van der Waals surface area contributed by atoms with Gasteiger partial charge in [-0.15, -0.1) is 0 Å². The van der Waals surface area contributed by atoms with Crippen molar-refractivity contribution in [3.05, 3.63) is 40.3 Å². The summed E-state index contributed by atoms with van der Waals surface area (Å²) in [5.41, 5.74) is 0.219. The molecule has 1 amide bonds. The Labute approximate surface area is 142 Å². The van der Waals surface area contributed by atoms with Crippen LogP contribution < -0.4 is 10.9 Å². The topological polar surface area (TPSA) is 67.2 Å². The molecule has 0 radical (unpaired) electrons. The summed E-state index contributed by atoms with van der Waals surface area (Å²) in [6.45, 7) is 3.94. The van der Waals surface area contributed by atoms with Crippen molar-refractivity contribution in [1.29, 1.82) is 0 Å². The summed E-state index contributed by atoms with van der Waals surface area (Å²) < 4.78 is 1.44. The minimum Gasteiger partial charge on any atom is -0.339 e. The number of nitrogens with zero attached hydrogens (tertiary/aromatic N) is 3. The van der Waals surface area contributed by atoms with E-state index in [4.69, 9.17) is 0 Å². The van der Waals surface area contributed by atoms with E-state index in [1.165, 1.54) is 4.68 Å². The zero-order valence-electron chi connectivity index (χ0n) is 14.7. The molecule has 24 heavy (non-hydrogen) atoms. The van der Waals surface area contributed by atoms with E-state index in [2.05, 4.69) is 17.3 Å². The molecule has 130 valence electrons. The molecule has 0 aliphatic carbocycles. The number of nitrogens with one attached hydrogen (secondary N) is 1. The maximum Gasteiger partial charge on any atom is 0.274 e. The number of aryl methyl sites for hydroxylation is 1. The molecule has 1 aromatic carbocycles. The number of unbranched alkanes of at least 4 members (excludes halogenated alkanes) is 2. The van der Waals surface area contributed by atoms with Crippen LogP contribution in [-0.2, 0) is 6.54 Å². The highest BCUT2D eigenvalue weighted by molar-refractivity contribution is 6.04. The summed E-state index contributed by atoms with van der Waals surface area (Å²) in [5.74, 6) is -0.161. The van der Waals surface area contributed by atoms with E-state index in [1.807, 2.05) is 19.2 Å². The van der Waals surface area contributed by atoms with Crippen molar-refractivity contribution in [2.75, 3.05) is 27.2 Å². The number of hydrogen-bond donors (Lipinski definition) is 1. The number of hydrogen-bond acceptors (Lipinski definition) is 4. The largest absolute Gasteiger partial charge is 0.339 e. The summed E-state index contributed by atoms with van der Waals surface area (Å²) in [6, 6.07) is 7.20. The van der Waals surface area contributed by atoms with E-state index in [-0.39, 0.29) is 11.5 Å². The smallest absolute Gasteiger partial charge is 0.274 e. The lowest BCUT2D eigenvalue weighted by Crippen LogP contribution is -2.35. The van der Waals surface area contributed by atoms with Gasteiger partial charge in [-0.05, 0) is 19.5 Å². The van der Waals surface area contributed by atoms with Crippen LogP contribution in [0.5, 0.6) is 0 Å². The fourth-order valence-corrected chi connectivity index (χ4v) is 2.62. The molecule has 0 spiro atoms. The molecule has 0 bridgehead atoms. The number of fused-ring (bicyclic) bond motifs is 1. The van der Waals surface area contributed by atoms with Gasteiger partial charge in [0.15, 0.2) is 5.69 Å². The van der Waals surface area contributed by atoms with Crippen molar-refractivity contribution < 1.29 is 4.79 Å². The first-order valence-corrected chi connectivity index (χ1v) is 8.50. The van der Waals surface area contributed by atoms with Gasteiger partial charge in [-0.25, -0.2) is 4.68 Å². The Bertz CT molecular complexity index is 754. The first-order valence-electron chi connectivity index (χ1n) is 8.50. The minimum atomic E-state index is -0.161. The zero-order valence-corrected chi connectivity index (χ0v) is 14.7. The lowest BCUT2D eigenvalue weighted by Gasteiger charge is -2.18.